The quantitative estimate of drug-likeness (QED) is 0.163. The summed E-state index contributed by atoms with van der Waals surface area (Å²) >= 11 is -2.52. The van der Waals surface area contributed by atoms with Gasteiger partial charge >= 0.3 is 5.97 Å². The molecular formula is C32H29N3O6S. The van der Waals surface area contributed by atoms with Crippen molar-refractivity contribution in [3.63, 3.8) is 0 Å². The van der Waals surface area contributed by atoms with Crippen molar-refractivity contribution in [1.29, 1.82) is 0 Å². The molecule has 0 aliphatic carbocycles. The van der Waals surface area contributed by atoms with E-state index in [1.54, 1.807) is 62.6 Å². The number of anilines is 2. The van der Waals surface area contributed by atoms with Crippen molar-refractivity contribution in [2.45, 2.75) is 26.8 Å². The highest BCUT2D eigenvalue weighted by Crippen LogP contribution is 2.35. The summed E-state index contributed by atoms with van der Waals surface area (Å²) in [5, 5.41) is 13.4. The van der Waals surface area contributed by atoms with E-state index >= 15 is 0 Å². The summed E-state index contributed by atoms with van der Waals surface area (Å²) in [4.78, 5) is 29.2. The molecule has 5 aromatic rings. The number of hydrogen-bond donors (Lipinski definition) is 3. The molecule has 0 fully saturated rings. The lowest BCUT2D eigenvalue weighted by Gasteiger charge is -2.29. The van der Waals surface area contributed by atoms with E-state index in [4.69, 9.17) is 4.42 Å². The molecule has 5 rings (SSSR count). The number of aryl methyl sites for hydroxylation is 1. The number of carbonyl (C=O) groups is 2. The van der Waals surface area contributed by atoms with Crippen molar-refractivity contribution in [3.05, 3.63) is 103 Å². The molecule has 2 atom stereocenters. The maximum Gasteiger partial charge on any atom is 0.327 e. The maximum atomic E-state index is 13.2. The summed E-state index contributed by atoms with van der Waals surface area (Å²) in [7, 11) is 0. The Kier molecular flexibility index (Phi) is 8.19. The molecule has 3 aromatic carbocycles. The monoisotopic (exact) mass is 583 g/mol. The summed E-state index contributed by atoms with van der Waals surface area (Å²) in [5.74, 6) is -1.71. The molecule has 42 heavy (non-hydrogen) atoms. The average molecular weight is 584 g/mol. The summed E-state index contributed by atoms with van der Waals surface area (Å²) < 4.78 is 28.8. The number of nitrogens with one attached hydrogen (secondary N) is 1. The number of nitrogens with zero attached hydrogens (tertiary/aromatic N) is 2. The van der Waals surface area contributed by atoms with E-state index in [9.17, 15) is 23.5 Å². The van der Waals surface area contributed by atoms with Crippen LogP contribution >= 0.6 is 0 Å². The summed E-state index contributed by atoms with van der Waals surface area (Å²) in [6, 6.07) is 22.3. The van der Waals surface area contributed by atoms with E-state index < -0.39 is 29.2 Å². The van der Waals surface area contributed by atoms with E-state index in [1.807, 2.05) is 49.4 Å². The van der Waals surface area contributed by atoms with Gasteiger partial charge in [0.1, 0.15) is 11.6 Å². The Hall–Kier alpha value is -4.80. The molecule has 0 saturated heterocycles. The molecule has 3 N–H and O–H groups in total. The summed E-state index contributed by atoms with van der Waals surface area (Å²) in [5.41, 5.74) is 5.77. The van der Waals surface area contributed by atoms with Gasteiger partial charge in [0.2, 0.25) is 0 Å². The second-order valence-corrected chi connectivity index (χ2v) is 11.0. The number of carboxylic acids is 1. The average Bonchev–Trinajstić information content (AvgIpc) is 3.33. The standard InChI is InChI=1S/C32H29N3O6S/c1-19(2)29(32(37)38)35(42(39)40)25-15-11-22(12-16-25)21-9-13-24(14-10-21)34-31(36)30-20(3)28-26(7-4-8-27(28)41-30)23-6-5-17-33-18-23/h4-19,29H,1-3H3,(H,34,36)(H,37,38)(H,39,40). The molecule has 10 heteroatoms. The van der Waals surface area contributed by atoms with Gasteiger partial charge in [-0.25, -0.2) is 9.00 Å². The number of fused-ring (bicyclic) bond motifs is 1. The summed E-state index contributed by atoms with van der Waals surface area (Å²) in [6.07, 6.45) is 3.49. The van der Waals surface area contributed by atoms with Crippen LogP contribution in [-0.4, -0.2) is 36.8 Å². The van der Waals surface area contributed by atoms with Crippen LogP contribution in [0.3, 0.4) is 0 Å². The van der Waals surface area contributed by atoms with Crippen LogP contribution in [0.15, 0.2) is 95.7 Å². The topological polar surface area (TPSA) is 133 Å². The number of carboxylic acid groups (broad SMARTS) is 1. The number of aromatic nitrogens is 1. The van der Waals surface area contributed by atoms with Gasteiger partial charge < -0.3 is 14.8 Å². The zero-order valence-electron chi connectivity index (χ0n) is 23.1. The smallest absolute Gasteiger partial charge is 0.327 e. The Morgan fingerprint density at radius 1 is 0.929 bits per heavy atom. The van der Waals surface area contributed by atoms with Crippen LogP contribution in [0.1, 0.15) is 30.0 Å². The molecule has 0 saturated carbocycles. The highest BCUT2D eigenvalue weighted by Gasteiger charge is 2.32. The number of amides is 1. The van der Waals surface area contributed by atoms with Gasteiger partial charge in [-0.1, -0.05) is 56.3 Å². The van der Waals surface area contributed by atoms with Crippen LogP contribution < -0.4 is 9.62 Å². The lowest BCUT2D eigenvalue weighted by Crippen LogP contribution is -2.45. The highest BCUT2D eigenvalue weighted by atomic mass is 32.2. The molecular weight excluding hydrogens is 554 g/mol. The van der Waals surface area contributed by atoms with Gasteiger partial charge in [0, 0.05) is 34.6 Å². The van der Waals surface area contributed by atoms with Crippen LogP contribution in [0.5, 0.6) is 0 Å². The summed E-state index contributed by atoms with van der Waals surface area (Å²) in [6.45, 7) is 5.23. The third kappa shape index (κ3) is 5.67. The van der Waals surface area contributed by atoms with Crippen molar-refractivity contribution < 1.29 is 27.9 Å². The fourth-order valence-electron chi connectivity index (χ4n) is 5.02. The first kappa shape index (κ1) is 28.7. The van der Waals surface area contributed by atoms with Gasteiger partial charge in [0.15, 0.2) is 5.76 Å². The number of carbonyl (C=O) groups excluding carboxylic acids is 1. The molecule has 1 amide bonds. The van der Waals surface area contributed by atoms with Gasteiger partial charge in [-0.05, 0) is 65.9 Å². The van der Waals surface area contributed by atoms with Gasteiger partial charge in [0.05, 0.1) is 5.69 Å². The van der Waals surface area contributed by atoms with Gasteiger partial charge in [-0.3, -0.25) is 18.6 Å². The second kappa shape index (κ2) is 12.0. The van der Waals surface area contributed by atoms with E-state index in [1.165, 1.54) is 0 Å². The van der Waals surface area contributed by atoms with Crippen molar-refractivity contribution in [2.75, 3.05) is 9.62 Å². The Bertz CT molecular complexity index is 1770. The van der Waals surface area contributed by atoms with Crippen molar-refractivity contribution in [2.24, 2.45) is 5.92 Å². The van der Waals surface area contributed by atoms with Crippen LogP contribution in [-0.2, 0) is 16.1 Å². The van der Waals surface area contributed by atoms with E-state index in [0.717, 1.165) is 37.5 Å². The minimum Gasteiger partial charge on any atom is -0.480 e. The number of furan rings is 1. The first-order chi connectivity index (χ1) is 20.2. The number of pyridine rings is 1. The first-order valence-corrected chi connectivity index (χ1v) is 14.3. The fraction of sp³-hybridized carbons (Fsp3) is 0.156. The number of rotatable bonds is 9. The minimum absolute atomic E-state index is 0.230. The van der Waals surface area contributed by atoms with Crippen LogP contribution in [0.2, 0.25) is 0 Å². The predicted molar refractivity (Wildman–Crippen MR) is 164 cm³/mol. The third-order valence-corrected chi connectivity index (χ3v) is 7.81. The van der Waals surface area contributed by atoms with E-state index in [-0.39, 0.29) is 11.7 Å². The van der Waals surface area contributed by atoms with Crippen LogP contribution in [0, 0.1) is 12.8 Å². The molecule has 0 spiro atoms. The zero-order valence-corrected chi connectivity index (χ0v) is 24.0. The van der Waals surface area contributed by atoms with Crippen molar-refractivity contribution in [1.82, 2.24) is 4.98 Å². The largest absolute Gasteiger partial charge is 0.480 e. The van der Waals surface area contributed by atoms with E-state index in [2.05, 4.69) is 10.3 Å². The molecule has 0 bridgehead atoms. The Balaban J connectivity index is 1.34. The van der Waals surface area contributed by atoms with E-state index in [0.29, 0.717) is 17.0 Å². The number of hydrogen-bond acceptors (Lipinski definition) is 5. The lowest BCUT2D eigenvalue weighted by atomic mass is 10.00. The molecule has 0 aliphatic rings. The van der Waals surface area contributed by atoms with Crippen molar-refractivity contribution in [3.8, 4) is 22.3 Å². The van der Waals surface area contributed by atoms with Gasteiger partial charge in [0.25, 0.3) is 17.2 Å². The maximum absolute atomic E-state index is 13.2. The molecule has 214 valence electrons. The first-order valence-electron chi connectivity index (χ1n) is 13.2. The minimum atomic E-state index is -2.52. The fourth-order valence-corrected chi connectivity index (χ4v) is 5.85. The predicted octanol–water partition coefficient (Wildman–Crippen LogP) is 6.77. The lowest BCUT2D eigenvalue weighted by molar-refractivity contribution is -0.139. The molecule has 0 aliphatic heterocycles. The molecule has 2 aromatic heterocycles. The molecule has 0 radical (unpaired) electrons. The number of benzene rings is 3. The molecule has 9 nitrogen and oxygen atoms in total. The third-order valence-electron chi connectivity index (χ3n) is 7.04. The molecule has 2 heterocycles. The normalized spacial score (nSPS) is 12.7. The molecule has 2 unspecified atom stereocenters. The van der Waals surface area contributed by atoms with Gasteiger partial charge in [-0.15, -0.1) is 0 Å². The SMILES string of the molecule is Cc1c(C(=O)Nc2ccc(-c3ccc(N(C(C(=O)O)C(C)C)S(=O)O)cc3)cc2)oc2cccc(-c3cccnc3)c12. The Morgan fingerprint density at radius 2 is 1.60 bits per heavy atom. The zero-order chi connectivity index (χ0) is 30.0. The van der Waals surface area contributed by atoms with Gasteiger partial charge in [-0.2, -0.15) is 0 Å². The highest BCUT2D eigenvalue weighted by molar-refractivity contribution is 7.80. The Morgan fingerprint density at radius 3 is 2.17 bits per heavy atom. The van der Waals surface area contributed by atoms with Crippen LogP contribution in [0.4, 0.5) is 11.4 Å². The van der Waals surface area contributed by atoms with Crippen molar-refractivity contribution >= 4 is 45.5 Å². The van der Waals surface area contributed by atoms with Crippen LogP contribution in [0.25, 0.3) is 33.2 Å². The number of aliphatic carboxylic acids is 1. The Labute approximate surface area is 245 Å². The second-order valence-electron chi connectivity index (χ2n) is 10.1.